The van der Waals surface area contributed by atoms with Crippen LogP contribution in [0.4, 0.5) is 0 Å². The van der Waals surface area contributed by atoms with E-state index in [4.69, 9.17) is 9.15 Å². The number of nitrogens with one attached hydrogen (secondary N) is 1. The number of piperidine rings is 1. The number of fused-ring (bicyclic) bond motifs is 1. The summed E-state index contributed by atoms with van der Waals surface area (Å²) in [6.45, 7) is 3.10. The number of aryl methyl sites for hydroxylation is 1. The van der Waals surface area contributed by atoms with Crippen LogP contribution in [-0.2, 0) is 17.8 Å². The first kappa shape index (κ1) is 25.1. The van der Waals surface area contributed by atoms with Gasteiger partial charge in [0.2, 0.25) is 5.91 Å². The molecule has 1 N–H and O–H groups in total. The molecule has 1 fully saturated rings. The van der Waals surface area contributed by atoms with Crippen LogP contribution < -0.4 is 10.1 Å². The molecule has 1 saturated heterocycles. The van der Waals surface area contributed by atoms with Gasteiger partial charge in [0.1, 0.15) is 11.5 Å². The smallest absolute Gasteiger partial charge is 0.289 e. The molecule has 2 aliphatic heterocycles. The van der Waals surface area contributed by atoms with Crippen molar-refractivity contribution in [1.82, 2.24) is 19.8 Å². The summed E-state index contributed by atoms with van der Waals surface area (Å²) >= 11 is 0. The fourth-order valence-corrected chi connectivity index (χ4v) is 5.45. The number of carbonyl (C=O) groups is 2. The maximum Gasteiger partial charge on any atom is 0.289 e. The second-order valence-electron chi connectivity index (χ2n) is 10.3. The normalized spacial score (nSPS) is 18.9. The number of hydrogen-bond acceptors (Lipinski definition) is 5. The van der Waals surface area contributed by atoms with Crippen molar-refractivity contribution in [2.75, 3.05) is 26.2 Å². The second kappa shape index (κ2) is 11.7. The molecule has 1 aromatic carbocycles. The number of furan rings is 1. The van der Waals surface area contributed by atoms with Crippen LogP contribution in [0.5, 0.6) is 5.75 Å². The third-order valence-electron chi connectivity index (χ3n) is 7.72. The predicted octanol–water partition coefficient (Wildman–Crippen LogP) is 4.45. The van der Waals surface area contributed by atoms with Crippen molar-refractivity contribution in [3.8, 4) is 5.75 Å². The summed E-state index contributed by atoms with van der Waals surface area (Å²) in [5.41, 5.74) is 1.26. The Hall–Kier alpha value is -3.55. The third-order valence-corrected chi connectivity index (χ3v) is 7.72. The van der Waals surface area contributed by atoms with Crippen molar-refractivity contribution in [1.29, 1.82) is 0 Å². The number of carbonyl (C=O) groups excluding carboxylic acids is 2. The van der Waals surface area contributed by atoms with E-state index in [1.165, 1.54) is 5.56 Å². The molecule has 0 saturated carbocycles. The summed E-state index contributed by atoms with van der Waals surface area (Å²) in [5.74, 6) is 2.07. The maximum absolute atomic E-state index is 13.2. The van der Waals surface area contributed by atoms with Gasteiger partial charge < -0.3 is 23.9 Å². The van der Waals surface area contributed by atoms with Gasteiger partial charge in [-0.05, 0) is 67.7 Å². The van der Waals surface area contributed by atoms with Crippen LogP contribution in [0.2, 0.25) is 0 Å². The minimum atomic E-state index is -0.0618. The standard InChI is InChI=1S/C29H36N4O4/c34-27-9-5-19-36-25-8-2-1-6-23(25)7-3-4-12-29(21-31-27)13-16-33(17-14-29)28(35)26-11-10-24(37-26)20-32-18-15-30-22-32/h1-2,6,8,10-11,15,18,22H,3-5,7,9,12-14,16-17,19-21H2,(H,31,34). The van der Waals surface area contributed by atoms with E-state index in [1.54, 1.807) is 18.6 Å². The van der Waals surface area contributed by atoms with Gasteiger partial charge in [-0.1, -0.05) is 24.6 Å². The SMILES string of the molecule is O=C1CCCOc2ccccc2CCCCC2(CCN(C(=O)c3ccc(Cn4ccnc4)o3)CC2)CN1. The quantitative estimate of drug-likeness (QED) is 0.569. The van der Waals surface area contributed by atoms with Crippen molar-refractivity contribution in [3.05, 3.63) is 72.2 Å². The molecule has 0 radical (unpaired) electrons. The number of aromatic nitrogens is 2. The van der Waals surface area contributed by atoms with Gasteiger partial charge >= 0.3 is 0 Å². The molecule has 196 valence electrons. The lowest BCUT2D eigenvalue weighted by molar-refractivity contribution is -0.122. The molecule has 8 nitrogen and oxygen atoms in total. The van der Waals surface area contributed by atoms with Crippen LogP contribution in [0, 0.1) is 5.41 Å². The van der Waals surface area contributed by atoms with Crippen LogP contribution in [0.1, 0.15) is 66.8 Å². The van der Waals surface area contributed by atoms with E-state index in [9.17, 15) is 9.59 Å². The highest BCUT2D eigenvalue weighted by Gasteiger charge is 2.36. The highest BCUT2D eigenvalue weighted by molar-refractivity contribution is 5.91. The summed E-state index contributed by atoms with van der Waals surface area (Å²) in [5, 5.41) is 3.19. The summed E-state index contributed by atoms with van der Waals surface area (Å²) in [6, 6.07) is 11.9. The number of amides is 2. The second-order valence-corrected chi connectivity index (χ2v) is 10.3. The fraction of sp³-hybridized carbons (Fsp3) is 0.483. The van der Waals surface area contributed by atoms with Crippen LogP contribution in [0.3, 0.4) is 0 Å². The minimum Gasteiger partial charge on any atom is -0.493 e. The van der Waals surface area contributed by atoms with Gasteiger partial charge in [-0.25, -0.2) is 4.98 Å². The number of para-hydroxylation sites is 1. The molecule has 0 bridgehead atoms. The van der Waals surface area contributed by atoms with Crippen LogP contribution >= 0.6 is 0 Å². The zero-order chi connectivity index (χ0) is 25.5. The van der Waals surface area contributed by atoms with E-state index in [2.05, 4.69) is 22.4 Å². The largest absolute Gasteiger partial charge is 0.493 e. The zero-order valence-electron chi connectivity index (χ0n) is 21.4. The number of ether oxygens (including phenoxy) is 1. The first-order chi connectivity index (χ1) is 18.1. The number of imidazole rings is 1. The molecule has 1 spiro atoms. The van der Waals surface area contributed by atoms with E-state index < -0.39 is 0 Å². The number of hydrogen-bond donors (Lipinski definition) is 1. The molecular formula is C29H36N4O4. The Morgan fingerprint density at radius 3 is 2.73 bits per heavy atom. The first-order valence-electron chi connectivity index (χ1n) is 13.4. The molecule has 4 heterocycles. The van der Waals surface area contributed by atoms with Crippen molar-refractivity contribution in [2.45, 2.75) is 57.9 Å². The lowest BCUT2D eigenvalue weighted by Crippen LogP contribution is -2.48. The Morgan fingerprint density at radius 1 is 1.03 bits per heavy atom. The average Bonchev–Trinajstić information content (AvgIpc) is 3.61. The molecule has 37 heavy (non-hydrogen) atoms. The number of nitrogens with zero attached hydrogens (tertiary/aromatic N) is 3. The lowest BCUT2D eigenvalue weighted by atomic mass is 9.74. The molecule has 0 atom stereocenters. The fourth-order valence-electron chi connectivity index (χ4n) is 5.45. The lowest BCUT2D eigenvalue weighted by Gasteiger charge is -2.42. The summed E-state index contributed by atoms with van der Waals surface area (Å²) < 4.78 is 13.7. The Labute approximate surface area is 218 Å². The van der Waals surface area contributed by atoms with Gasteiger partial charge in [0, 0.05) is 38.4 Å². The molecule has 2 aromatic heterocycles. The van der Waals surface area contributed by atoms with Gasteiger partial charge in [0.25, 0.3) is 5.91 Å². The van der Waals surface area contributed by atoms with Crippen molar-refractivity contribution < 1.29 is 18.7 Å². The van der Waals surface area contributed by atoms with Crippen molar-refractivity contribution in [2.24, 2.45) is 5.41 Å². The Morgan fingerprint density at radius 2 is 1.89 bits per heavy atom. The van der Waals surface area contributed by atoms with Gasteiger partial charge in [0.15, 0.2) is 5.76 Å². The average molecular weight is 505 g/mol. The molecule has 0 aliphatic carbocycles. The van der Waals surface area contributed by atoms with E-state index in [1.807, 2.05) is 33.9 Å². The van der Waals surface area contributed by atoms with Crippen molar-refractivity contribution >= 4 is 11.8 Å². The summed E-state index contributed by atoms with van der Waals surface area (Å²) in [7, 11) is 0. The Bertz CT molecular complexity index is 1180. The van der Waals surface area contributed by atoms with Crippen LogP contribution in [0.25, 0.3) is 0 Å². The highest BCUT2D eigenvalue weighted by atomic mass is 16.5. The van der Waals surface area contributed by atoms with E-state index >= 15 is 0 Å². The van der Waals surface area contributed by atoms with Gasteiger partial charge in [-0.3, -0.25) is 9.59 Å². The Kier molecular flexibility index (Phi) is 7.92. The van der Waals surface area contributed by atoms with Crippen LogP contribution in [-0.4, -0.2) is 52.5 Å². The monoisotopic (exact) mass is 504 g/mol. The zero-order valence-corrected chi connectivity index (χ0v) is 21.4. The Balaban J connectivity index is 1.20. The van der Waals surface area contributed by atoms with Gasteiger partial charge in [0.05, 0.1) is 19.5 Å². The van der Waals surface area contributed by atoms with E-state index in [0.717, 1.165) is 50.0 Å². The maximum atomic E-state index is 13.2. The summed E-state index contributed by atoms with van der Waals surface area (Å²) in [4.78, 5) is 31.7. The summed E-state index contributed by atoms with van der Waals surface area (Å²) in [6.07, 6.45) is 12.4. The van der Waals surface area contributed by atoms with Gasteiger partial charge in [-0.2, -0.15) is 0 Å². The number of benzene rings is 1. The molecule has 2 aliphatic rings. The van der Waals surface area contributed by atoms with Crippen LogP contribution in [0.15, 0.2) is 59.5 Å². The molecular weight excluding hydrogens is 468 g/mol. The minimum absolute atomic E-state index is 0.0162. The van der Waals surface area contributed by atoms with E-state index in [-0.39, 0.29) is 17.2 Å². The van der Waals surface area contributed by atoms with Gasteiger partial charge in [-0.15, -0.1) is 0 Å². The number of rotatable bonds is 3. The molecule has 0 unspecified atom stereocenters. The molecule has 2 amide bonds. The molecule has 5 rings (SSSR count). The first-order valence-corrected chi connectivity index (χ1v) is 13.4. The number of likely N-dealkylation sites (tertiary alicyclic amines) is 1. The molecule has 3 aromatic rings. The molecule has 8 heteroatoms. The van der Waals surface area contributed by atoms with E-state index in [0.29, 0.717) is 51.4 Å². The predicted molar refractivity (Wildman–Crippen MR) is 139 cm³/mol. The third kappa shape index (κ3) is 6.42. The topological polar surface area (TPSA) is 89.6 Å². The van der Waals surface area contributed by atoms with Crippen molar-refractivity contribution in [3.63, 3.8) is 0 Å². The highest BCUT2D eigenvalue weighted by Crippen LogP contribution is 2.37.